The maximum Gasteiger partial charge on any atom is 0.206 e. The van der Waals surface area contributed by atoms with E-state index in [0.717, 1.165) is 22.3 Å². The Morgan fingerprint density at radius 1 is 0.682 bits per heavy atom. The van der Waals surface area contributed by atoms with E-state index in [2.05, 4.69) is 9.98 Å². The van der Waals surface area contributed by atoms with E-state index >= 15 is 0 Å². The molecule has 0 saturated carbocycles. The zero-order chi connectivity index (χ0) is 15.9. The highest BCUT2D eigenvalue weighted by molar-refractivity contribution is 6.53. The minimum atomic E-state index is 0.396. The first-order chi connectivity index (χ1) is 10.7. The first-order valence-electron chi connectivity index (χ1n) is 6.73. The molecule has 0 heterocycles. The highest BCUT2D eigenvalue weighted by atomic mass is 14.8. The Bertz CT molecular complexity index is 727. The SMILES string of the molecule is Cc1ccc(C(=NC#N)C(=NC#N)c2ccc(C)cc2)cc1. The first kappa shape index (κ1) is 15.2. The summed E-state index contributed by atoms with van der Waals surface area (Å²) in [6.07, 6.45) is 3.60. The molecule has 2 aromatic rings. The second kappa shape index (κ2) is 6.97. The Morgan fingerprint density at radius 2 is 1.00 bits per heavy atom. The van der Waals surface area contributed by atoms with Crippen molar-refractivity contribution >= 4 is 11.4 Å². The summed E-state index contributed by atoms with van der Waals surface area (Å²) in [6, 6.07) is 15.2. The van der Waals surface area contributed by atoms with E-state index in [1.165, 1.54) is 0 Å². The molecule has 4 heteroatoms. The second-order valence-corrected chi connectivity index (χ2v) is 4.85. The quantitative estimate of drug-likeness (QED) is 0.639. The van der Waals surface area contributed by atoms with Crippen molar-refractivity contribution in [2.45, 2.75) is 13.8 Å². The molecular formula is C18H14N4. The van der Waals surface area contributed by atoms with Crippen LogP contribution in [0.25, 0.3) is 0 Å². The average Bonchev–Trinajstić information content (AvgIpc) is 2.53. The van der Waals surface area contributed by atoms with Crippen LogP contribution in [-0.4, -0.2) is 11.4 Å². The molecule has 22 heavy (non-hydrogen) atoms. The molecule has 0 aliphatic rings. The fraction of sp³-hybridized carbons (Fsp3) is 0.111. The van der Waals surface area contributed by atoms with Crippen molar-refractivity contribution in [2.24, 2.45) is 9.98 Å². The monoisotopic (exact) mass is 286 g/mol. The van der Waals surface area contributed by atoms with Gasteiger partial charge < -0.3 is 0 Å². The van der Waals surface area contributed by atoms with Crippen LogP contribution in [0, 0.1) is 36.8 Å². The Labute approximate surface area is 129 Å². The van der Waals surface area contributed by atoms with E-state index in [-0.39, 0.29) is 0 Å². The highest BCUT2D eigenvalue weighted by Gasteiger charge is 2.15. The molecule has 0 radical (unpaired) electrons. The molecule has 106 valence electrons. The summed E-state index contributed by atoms with van der Waals surface area (Å²) in [5.74, 6) is 0. The Kier molecular flexibility index (Phi) is 4.80. The van der Waals surface area contributed by atoms with E-state index in [9.17, 15) is 0 Å². The van der Waals surface area contributed by atoms with Gasteiger partial charge in [-0.05, 0) is 13.8 Å². The van der Waals surface area contributed by atoms with Crippen molar-refractivity contribution in [3.8, 4) is 12.4 Å². The molecule has 0 bridgehead atoms. The molecule has 0 unspecified atom stereocenters. The number of benzene rings is 2. The van der Waals surface area contributed by atoms with Gasteiger partial charge in [0.25, 0.3) is 0 Å². The number of hydrogen-bond donors (Lipinski definition) is 0. The largest absolute Gasteiger partial charge is 0.206 e. The third-order valence-electron chi connectivity index (χ3n) is 3.20. The van der Waals surface area contributed by atoms with E-state index < -0.39 is 0 Å². The summed E-state index contributed by atoms with van der Waals surface area (Å²) in [5.41, 5.74) is 4.51. The summed E-state index contributed by atoms with van der Waals surface area (Å²) in [4.78, 5) is 7.76. The molecule has 0 fully saturated rings. The molecule has 4 nitrogen and oxygen atoms in total. The van der Waals surface area contributed by atoms with E-state index in [4.69, 9.17) is 10.5 Å². The van der Waals surface area contributed by atoms with Crippen LogP contribution in [0.15, 0.2) is 58.5 Å². The van der Waals surface area contributed by atoms with E-state index in [1.807, 2.05) is 62.4 Å². The number of hydrogen-bond acceptors (Lipinski definition) is 4. The topological polar surface area (TPSA) is 72.3 Å². The fourth-order valence-electron chi connectivity index (χ4n) is 2.03. The zero-order valence-corrected chi connectivity index (χ0v) is 12.4. The van der Waals surface area contributed by atoms with E-state index in [0.29, 0.717) is 11.4 Å². The van der Waals surface area contributed by atoms with Gasteiger partial charge in [0, 0.05) is 11.1 Å². The van der Waals surface area contributed by atoms with Crippen molar-refractivity contribution < 1.29 is 0 Å². The van der Waals surface area contributed by atoms with E-state index in [1.54, 1.807) is 12.4 Å². The summed E-state index contributed by atoms with van der Waals surface area (Å²) in [5, 5.41) is 18.0. The third kappa shape index (κ3) is 3.45. The lowest BCUT2D eigenvalue weighted by atomic mass is 9.98. The Hall–Kier alpha value is -3.24. The number of aryl methyl sites for hydroxylation is 2. The Morgan fingerprint density at radius 3 is 1.27 bits per heavy atom. The summed E-state index contributed by atoms with van der Waals surface area (Å²) < 4.78 is 0. The van der Waals surface area contributed by atoms with Crippen LogP contribution in [0.4, 0.5) is 0 Å². The van der Waals surface area contributed by atoms with Crippen molar-refractivity contribution in [3.63, 3.8) is 0 Å². The molecule has 2 rings (SSSR count). The van der Waals surface area contributed by atoms with Gasteiger partial charge in [-0.1, -0.05) is 59.7 Å². The summed E-state index contributed by atoms with van der Waals surface area (Å²) >= 11 is 0. The number of nitriles is 2. The van der Waals surface area contributed by atoms with Crippen LogP contribution in [-0.2, 0) is 0 Å². The molecule has 0 aliphatic heterocycles. The van der Waals surface area contributed by atoms with Gasteiger partial charge in [-0.25, -0.2) is 0 Å². The van der Waals surface area contributed by atoms with Crippen LogP contribution in [0.5, 0.6) is 0 Å². The van der Waals surface area contributed by atoms with Gasteiger partial charge in [0.1, 0.15) is 11.4 Å². The van der Waals surface area contributed by atoms with Crippen molar-refractivity contribution in [2.75, 3.05) is 0 Å². The summed E-state index contributed by atoms with van der Waals surface area (Å²) in [6.45, 7) is 3.96. The van der Waals surface area contributed by atoms with Crippen LogP contribution < -0.4 is 0 Å². The maximum absolute atomic E-state index is 8.99. The molecule has 0 aromatic heterocycles. The molecule has 0 atom stereocenters. The molecule has 0 N–H and O–H groups in total. The third-order valence-corrected chi connectivity index (χ3v) is 3.20. The van der Waals surface area contributed by atoms with Crippen LogP contribution >= 0.6 is 0 Å². The average molecular weight is 286 g/mol. The summed E-state index contributed by atoms with van der Waals surface area (Å²) in [7, 11) is 0. The van der Waals surface area contributed by atoms with Crippen LogP contribution in [0.3, 0.4) is 0 Å². The van der Waals surface area contributed by atoms with Gasteiger partial charge in [-0.2, -0.15) is 20.5 Å². The Balaban J connectivity index is 2.58. The van der Waals surface area contributed by atoms with Gasteiger partial charge in [0.2, 0.25) is 12.4 Å². The molecule has 0 spiro atoms. The van der Waals surface area contributed by atoms with Crippen LogP contribution in [0.1, 0.15) is 22.3 Å². The number of rotatable bonds is 3. The lowest BCUT2D eigenvalue weighted by Crippen LogP contribution is -2.17. The van der Waals surface area contributed by atoms with Gasteiger partial charge in [0.15, 0.2) is 0 Å². The smallest absolute Gasteiger partial charge is 0.171 e. The lowest BCUT2D eigenvalue weighted by Gasteiger charge is -2.08. The van der Waals surface area contributed by atoms with Gasteiger partial charge in [-0.15, -0.1) is 0 Å². The van der Waals surface area contributed by atoms with Crippen molar-refractivity contribution in [3.05, 3.63) is 70.8 Å². The van der Waals surface area contributed by atoms with Gasteiger partial charge in [0.05, 0.1) is 0 Å². The lowest BCUT2D eigenvalue weighted by molar-refractivity contribution is 1.40. The van der Waals surface area contributed by atoms with Crippen LogP contribution in [0.2, 0.25) is 0 Å². The fourth-order valence-corrected chi connectivity index (χ4v) is 2.03. The normalized spacial score (nSPS) is 11.6. The molecule has 0 amide bonds. The minimum Gasteiger partial charge on any atom is -0.171 e. The number of aliphatic imine (C=N–C) groups is 2. The number of nitrogens with zero attached hydrogens (tertiary/aromatic N) is 4. The maximum atomic E-state index is 8.99. The minimum absolute atomic E-state index is 0.396. The zero-order valence-electron chi connectivity index (χ0n) is 12.4. The molecular weight excluding hydrogens is 272 g/mol. The highest BCUT2D eigenvalue weighted by Crippen LogP contribution is 2.13. The molecule has 2 aromatic carbocycles. The first-order valence-corrected chi connectivity index (χ1v) is 6.73. The predicted molar refractivity (Wildman–Crippen MR) is 86.7 cm³/mol. The van der Waals surface area contributed by atoms with Gasteiger partial charge >= 0.3 is 0 Å². The molecule has 0 aliphatic carbocycles. The predicted octanol–water partition coefficient (Wildman–Crippen LogP) is 3.54. The second-order valence-electron chi connectivity index (χ2n) is 4.85. The van der Waals surface area contributed by atoms with Gasteiger partial charge in [-0.3, -0.25) is 0 Å². The molecule has 0 saturated heterocycles. The van der Waals surface area contributed by atoms with Crippen molar-refractivity contribution in [1.82, 2.24) is 0 Å². The van der Waals surface area contributed by atoms with Crippen molar-refractivity contribution in [1.29, 1.82) is 10.5 Å². The standard InChI is InChI=1S/C18H14N4/c1-13-3-7-15(8-4-13)17(21-11-19)18(22-12-20)16-9-5-14(2)6-10-16/h3-10H,1-2H3.